The van der Waals surface area contributed by atoms with Crippen molar-refractivity contribution in [3.63, 3.8) is 0 Å². The van der Waals surface area contributed by atoms with E-state index >= 15 is 0 Å². The van der Waals surface area contributed by atoms with Crippen LogP contribution in [0.3, 0.4) is 0 Å². The zero-order valence-corrected chi connectivity index (χ0v) is 25.9. The first-order chi connectivity index (χ1) is 22.0. The van der Waals surface area contributed by atoms with E-state index in [1.165, 1.54) is 0 Å². The third kappa shape index (κ3) is 5.84. The van der Waals surface area contributed by atoms with Gasteiger partial charge in [0.05, 0.1) is 48.8 Å². The van der Waals surface area contributed by atoms with E-state index in [1.807, 2.05) is 34.4 Å². The van der Waals surface area contributed by atoms with Crippen molar-refractivity contribution in [3.05, 3.63) is 35.4 Å². The van der Waals surface area contributed by atoms with Gasteiger partial charge < -0.3 is 28.7 Å². The molecule has 45 heavy (non-hydrogen) atoms. The average Bonchev–Trinajstić information content (AvgIpc) is 3.70. The molecule has 0 radical (unpaired) electrons. The Labute approximate surface area is 263 Å². The van der Waals surface area contributed by atoms with Crippen molar-refractivity contribution in [1.82, 2.24) is 19.6 Å². The van der Waals surface area contributed by atoms with Crippen molar-refractivity contribution < 1.29 is 28.5 Å². The number of benzene rings is 2. The molecule has 0 N–H and O–H groups in total. The lowest BCUT2D eigenvalue weighted by Crippen LogP contribution is -2.48. The SMILES string of the molecule is COc1cc2c(cc1OCCN1CCN(COc3cc4c(cc3OC)C(=O)N3CCC[C@H]3C=N4)CC1)N=C[C@@H]1CCCN1C2=O. The number of piperazine rings is 1. The Kier molecular flexibility index (Phi) is 8.33. The lowest BCUT2D eigenvalue weighted by atomic mass is 10.1. The Balaban J connectivity index is 0.916. The van der Waals surface area contributed by atoms with Crippen molar-refractivity contribution >= 4 is 35.6 Å². The first-order valence-corrected chi connectivity index (χ1v) is 15.9. The highest BCUT2D eigenvalue weighted by atomic mass is 16.5. The van der Waals surface area contributed by atoms with Gasteiger partial charge in [0.15, 0.2) is 23.0 Å². The number of carbonyl (C=O) groups excluding carboxylic acids is 2. The molecule has 0 spiro atoms. The van der Waals surface area contributed by atoms with Crippen molar-refractivity contribution in [3.8, 4) is 23.0 Å². The molecule has 12 heteroatoms. The summed E-state index contributed by atoms with van der Waals surface area (Å²) in [4.78, 5) is 43.9. The monoisotopic (exact) mass is 616 g/mol. The second-order valence-electron chi connectivity index (χ2n) is 12.1. The molecule has 3 fully saturated rings. The third-order valence-electron chi connectivity index (χ3n) is 9.45. The van der Waals surface area contributed by atoms with Gasteiger partial charge in [-0.3, -0.25) is 29.4 Å². The summed E-state index contributed by atoms with van der Waals surface area (Å²) in [7, 11) is 3.19. The molecule has 0 saturated carbocycles. The normalized spacial score (nSPS) is 22.8. The number of hydrogen-bond acceptors (Lipinski definition) is 10. The van der Waals surface area contributed by atoms with Gasteiger partial charge in [0.25, 0.3) is 11.8 Å². The fourth-order valence-electron chi connectivity index (χ4n) is 6.83. The topological polar surface area (TPSA) is 109 Å². The van der Waals surface area contributed by atoms with E-state index in [9.17, 15) is 9.59 Å². The molecule has 5 aliphatic heterocycles. The number of methoxy groups -OCH3 is 2. The minimum absolute atomic E-state index is 0.000590. The molecule has 12 nitrogen and oxygen atoms in total. The van der Waals surface area contributed by atoms with E-state index < -0.39 is 0 Å². The lowest BCUT2D eigenvalue weighted by molar-refractivity contribution is 0.0595. The molecule has 7 rings (SSSR count). The van der Waals surface area contributed by atoms with Gasteiger partial charge in [0.1, 0.15) is 13.3 Å². The molecule has 5 heterocycles. The largest absolute Gasteiger partial charge is 0.493 e. The van der Waals surface area contributed by atoms with Crippen LogP contribution in [0.25, 0.3) is 0 Å². The van der Waals surface area contributed by atoms with E-state index in [4.69, 9.17) is 18.9 Å². The number of aliphatic imine (C=N–C) groups is 2. The first kappa shape index (κ1) is 29.5. The summed E-state index contributed by atoms with van der Waals surface area (Å²) in [5.41, 5.74) is 2.37. The number of amides is 2. The maximum absolute atomic E-state index is 13.1. The molecule has 0 unspecified atom stereocenters. The number of rotatable bonds is 9. The number of carbonyl (C=O) groups is 2. The predicted molar refractivity (Wildman–Crippen MR) is 169 cm³/mol. The van der Waals surface area contributed by atoms with Crippen LogP contribution in [0.15, 0.2) is 34.3 Å². The molecule has 238 valence electrons. The Morgan fingerprint density at radius 1 is 0.667 bits per heavy atom. The summed E-state index contributed by atoms with van der Waals surface area (Å²) in [5, 5.41) is 0. The molecular formula is C33H40N6O6. The van der Waals surface area contributed by atoms with Crippen LogP contribution in [0.4, 0.5) is 11.4 Å². The van der Waals surface area contributed by atoms with Gasteiger partial charge in [-0.05, 0) is 37.8 Å². The summed E-state index contributed by atoms with van der Waals surface area (Å²) in [5.74, 6) is 2.26. The highest BCUT2D eigenvalue weighted by Gasteiger charge is 2.34. The van der Waals surface area contributed by atoms with E-state index in [1.54, 1.807) is 26.4 Å². The summed E-state index contributed by atoms with van der Waals surface area (Å²) < 4.78 is 23.5. The highest BCUT2D eigenvalue weighted by molar-refractivity contribution is 6.04. The number of nitrogens with zero attached hydrogens (tertiary/aromatic N) is 6. The molecule has 0 aliphatic carbocycles. The van der Waals surface area contributed by atoms with Crippen molar-refractivity contribution in [2.45, 2.75) is 37.8 Å². The Morgan fingerprint density at radius 3 is 1.71 bits per heavy atom. The van der Waals surface area contributed by atoms with E-state index in [0.717, 1.165) is 71.5 Å². The Morgan fingerprint density at radius 2 is 1.18 bits per heavy atom. The predicted octanol–water partition coefficient (Wildman–Crippen LogP) is 3.38. The molecule has 5 aliphatic rings. The van der Waals surface area contributed by atoms with E-state index in [-0.39, 0.29) is 23.9 Å². The van der Waals surface area contributed by atoms with Crippen LogP contribution in [-0.2, 0) is 0 Å². The van der Waals surface area contributed by atoms with Crippen LogP contribution in [0.5, 0.6) is 23.0 Å². The maximum Gasteiger partial charge on any atom is 0.256 e. The van der Waals surface area contributed by atoms with Gasteiger partial charge >= 0.3 is 0 Å². The standard InChI is InChI=1S/C33H40N6O6/c1-42-28-15-24-26(34-19-22-5-3-7-38(22)32(24)40)17-30(28)44-14-13-36-9-11-37(12-10-36)21-45-31-18-27-25(16-29(31)43-2)33(41)39-8-4-6-23(39)20-35-27/h15-20,22-23H,3-14,21H2,1-2H3/t22-,23-/m0/s1. The van der Waals surface area contributed by atoms with Gasteiger partial charge in [-0.15, -0.1) is 0 Å². The van der Waals surface area contributed by atoms with Crippen LogP contribution >= 0.6 is 0 Å². The van der Waals surface area contributed by atoms with Gasteiger partial charge in [-0.25, -0.2) is 0 Å². The summed E-state index contributed by atoms with van der Waals surface area (Å²) in [6.45, 7) is 6.62. The molecule has 0 aromatic heterocycles. The second kappa shape index (κ2) is 12.7. The minimum atomic E-state index is -0.000590. The third-order valence-corrected chi connectivity index (χ3v) is 9.45. The molecule has 2 amide bonds. The Hall–Kier alpha value is -4.16. The fourth-order valence-corrected chi connectivity index (χ4v) is 6.83. The van der Waals surface area contributed by atoms with Crippen molar-refractivity contribution in [1.29, 1.82) is 0 Å². The number of ether oxygens (including phenoxy) is 4. The van der Waals surface area contributed by atoms with E-state index in [0.29, 0.717) is 58.8 Å². The van der Waals surface area contributed by atoms with Crippen molar-refractivity contribution in [2.75, 3.05) is 73.4 Å². The van der Waals surface area contributed by atoms with Gasteiger partial charge in [-0.1, -0.05) is 0 Å². The fraction of sp³-hybridized carbons (Fsp3) is 0.515. The molecule has 2 aromatic rings. The van der Waals surface area contributed by atoms with Crippen LogP contribution in [0.2, 0.25) is 0 Å². The Bertz CT molecular complexity index is 1520. The number of hydrogen-bond donors (Lipinski definition) is 0. The lowest BCUT2D eigenvalue weighted by Gasteiger charge is -2.34. The summed E-state index contributed by atoms with van der Waals surface area (Å²) >= 11 is 0. The summed E-state index contributed by atoms with van der Waals surface area (Å²) in [6.07, 6.45) is 7.66. The zero-order chi connectivity index (χ0) is 30.9. The van der Waals surface area contributed by atoms with Crippen LogP contribution in [0, 0.1) is 0 Å². The summed E-state index contributed by atoms with van der Waals surface area (Å²) in [6, 6.07) is 7.28. The first-order valence-electron chi connectivity index (χ1n) is 15.9. The molecule has 2 atom stereocenters. The second-order valence-corrected chi connectivity index (χ2v) is 12.1. The molecule has 2 aromatic carbocycles. The molecule has 3 saturated heterocycles. The molecule has 0 bridgehead atoms. The highest BCUT2D eigenvalue weighted by Crippen LogP contribution is 2.39. The van der Waals surface area contributed by atoms with Crippen molar-refractivity contribution in [2.24, 2.45) is 9.98 Å². The van der Waals surface area contributed by atoms with Crippen LogP contribution in [-0.4, -0.2) is 129 Å². The quantitative estimate of drug-likeness (QED) is 0.422. The van der Waals surface area contributed by atoms with Gasteiger partial charge in [0.2, 0.25) is 0 Å². The van der Waals surface area contributed by atoms with Crippen LogP contribution < -0.4 is 18.9 Å². The van der Waals surface area contributed by atoms with Gasteiger partial charge in [-0.2, -0.15) is 0 Å². The maximum atomic E-state index is 13.1. The average molecular weight is 617 g/mol. The van der Waals surface area contributed by atoms with Crippen LogP contribution in [0.1, 0.15) is 46.4 Å². The smallest absolute Gasteiger partial charge is 0.256 e. The number of fused-ring (bicyclic) bond motifs is 4. The van der Waals surface area contributed by atoms with Gasteiger partial charge in [0, 0.05) is 70.4 Å². The molecular weight excluding hydrogens is 576 g/mol. The zero-order valence-electron chi connectivity index (χ0n) is 25.9. The van der Waals surface area contributed by atoms with E-state index in [2.05, 4.69) is 19.8 Å². The minimum Gasteiger partial charge on any atom is -0.493 e.